The molecule has 102 valence electrons. The number of anilines is 1. The molecule has 1 aliphatic heterocycles. The molecule has 0 radical (unpaired) electrons. The molecule has 0 unspecified atom stereocenters. The molecule has 0 spiro atoms. The summed E-state index contributed by atoms with van der Waals surface area (Å²) in [6.07, 6.45) is 3.31. The number of hydrogen-bond donors (Lipinski definition) is 1. The number of aromatic nitrogens is 1. The third-order valence-electron chi connectivity index (χ3n) is 3.87. The molecule has 19 heavy (non-hydrogen) atoms. The molecule has 5 nitrogen and oxygen atoms in total. The van der Waals surface area contributed by atoms with Crippen LogP contribution in [0, 0.1) is 5.92 Å². The number of rotatable bonds is 3. The lowest BCUT2D eigenvalue weighted by Gasteiger charge is -2.42. The predicted octanol–water partition coefficient (Wildman–Crippen LogP) is 1.83. The Labute approximate surface area is 116 Å². The summed E-state index contributed by atoms with van der Waals surface area (Å²) in [4.78, 5) is 29.3. The Bertz CT molecular complexity index is 504. The average Bonchev–Trinajstić information content (AvgIpc) is 2.59. The quantitative estimate of drug-likeness (QED) is 0.918. The summed E-state index contributed by atoms with van der Waals surface area (Å²) in [7, 11) is 0. The number of likely N-dealkylation sites (tertiary alicyclic amines) is 1. The van der Waals surface area contributed by atoms with Crippen molar-refractivity contribution in [2.24, 2.45) is 5.92 Å². The third kappa shape index (κ3) is 2.49. The van der Waals surface area contributed by atoms with Gasteiger partial charge in [-0.1, -0.05) is 6.42 Å². The van der Waals surface area contributed by atoms with Crippen LogP contribution < -0.4 is 5.32 Å². The lowest BCUT2D eigenvalue weighted by atomic mass is 9.82. The fourth-order valence-corrected chi connectivity index (χ4v) is 3.28. The highest BCUT2D eigenvalue weighted by Gasteiger charge is 2.38. The van der Waals surface area contributed by atoms with E-state index in [1.54, 1.807) is 0 Å². The summed E-state index contributed by atoms with van der Waals surface area (Å²) in [5.41, 5.74) is 0.992. The summed E-state index contributed by atoms with van der Waals surface area (Å²) in [5, 5.41) is 5.30. The van der Waals surface area contributed by atoms with Gasteiger partial charge in [-0.25, -0.2) is 4.98 Å². The largest absolute Gasteiger partial charge is 0.341 e. The van der Waals surface area contributed by atoms with Gasteiger partial charge in [0.2, 0.25) is 11.8 Å². The van der Waals surface area contributed by atoms with Gasteiger partial charge in [-0.2, -0.15) is 0 Å². The number of nitrogens with one attached hydrogen (secondary N) is 1. The molecule has 3 rings (SSSR count). The lowest BCUT2D eigenvalue weighted by molar-refractivity contribution is -0.142. The van der Waals surface area contributed by atoms with Crippen LogP contribution in [-0.2, 0) is 9.59 Å². The van der Waals surface area contributed by atoms with E-state index in [1.807, 2.05) is 10.3 Å². The fraction of sp³-hybridized carbons (Fsp3) is 0.615. The van der Waals surface area contributed by atoms with Gasteiger partial charge in [0.1, 0.15) is 0 Å². The Hall–Kier alpha value is -1.43. The number of nitrogens with zero attached hydrogens (tertiary/aromatic N) is 2. The summed E-state index contributed by atoms with van der Waals surface area (Å²) < 4.78 is 0. The Morgan fingerprint density at radius 3 is 2.74 bits per heavy atom. The molecule has 0 atom stereocenters. The Kier molecular flexibility index (Phi) is 3.26. The molecule has 2 fully saturated rings. The Balaban J connectivity index is 1.53. The zero-order valence-electron chi connectivity index (χ0n) is 10.9. The van der Waals surface area contributed by atoms with Crippen LogP contribution >= 0.6 is 11.3 Å². The van der Waals surface area contributed by atoms with Crippen LogP contribution in [0.5, 0.6) is 0 Å². The number of carbonyl (C=O) groups excluding carboxylic acids is 2. The summed E-state index contributed by atoms with van der Waals surface area (Å²) >= 11 is 1.44. The first-order valence-electron chi connectivity index (χ1n) is 6.65. The van der Waals surface area contributed by atoms with Crippen LogP contribution in [0.25, 0.3) is 0 Å². The number of hydrogen-bond acceptors (Lipinski definition) is 4. The topological polar surface area (TPSA) is 62.3 Å². The van der Waals surface area contributed by atoms with Gasteiger partial charge in [-0.15, -0.1) is 11.3 Å². The molecule has 1 saturated heterocycles. The molecule has 1 aromatic heterocycles. The van der Waals surface area contributed by atoms with E-state index in [-0.39, 0.29) is 11.8 Å². The molecule has 0 bridgehead atoms. The van der Waals surface area contributed by atoms with Crippen LogP contribution in [-0.4, -0.2) is 34.8 Å². The van der Waals surface area contributed by atoms with Crippen molar-refractivity contribution >= 4 is 28.3 Å². The van der Waals surface area contributed by atoms with Crippen LogP contribution in [0.1, 0.15) is 37.8 Å². The third-order valence-corrected chi connectivity index (χ3v) is 4.65. The minimum atomic E-state index is -0.101. The van der Waals surface area contributed by atoms with Crippen LogP contribution in [0.3, 0.4) is 0 Å². The average molecular weight is 279 g/mol. The van der Waals surface area contributed by atoms with Gasteiger partial charge >= 0.3 is 0 Å². The maximum atomic E-state index is 12.0. The van der Waals surface area contributed by atoms with Gasteiger partial charge in [0.25, 0.3) is 0 Å². The van der Waals surface area contributed by atoms with Gasteiger partial charge in [-0.05, 0) is 12.8 Å². The van der Waals surface area contributed by atoms with Crippen molar-refractivity contribution in [3.05, 3.63) is 11.1 Å². The highest BCUT2D eigenvalue weighted by atomic mass is 32.1. The molecule has 2 heterocycles. The van der Waals surface area contributed by atoms with Gasteiger partial charge in [0, 0.05) is 37.2 Å². The van der Waals surface area contributed by atoms with Gasteiger partial charge in [-0.3, -0.25) is 9.59 Å². The number of amides is 2. The zero-order valence-corrected chi connectivity index (χ0v) is 11.7. The highest BCUT2D eigenvalue weighted by molar-refractivity contribution is 7.13. The van der Waals surface area contributed by atoms with Crippen molar-refractivity contribution in [3.8, 4) is 0 Å². The summed E-state index contributed by atoms with van der Waals surface area (Å²) in [6.45, 7) is 3.03. The number of thiazole rings is 1. The molecular weight excluding hydrogens is 262 g/mol. The fourth-order valence-electron chi connectivity index (χ4n) is 2.44. The van der Waals surface area contributed by atoms with Crippen molar-refractivity contribution in [3.63, 3.8) is 0 Å². The van der Waals surface area contributed by atoms with Crippen molar-refractivity contribution in [2.45, 2.75) is 32.1 Å². The molecular formula is C13H17N3O2S. The van der Waals surface area contributed by atoms with Gasteiger partial charge < -0.3 is 10.2 Å². The first kappa shape index (κ1) is 12.6. The molecule has 6 heteroatoms. The molecule has 2 amide bonds. The van der Waals surface area contributed by atoms with Gasteiger partial charge in [0.05, 0.1) is 5.69 Å². The second kappa shape index (κ2) is 4.92. The molecule has 2 aliphatic rings. The molecule has 1 N–H and O–H groups in total. The first-order chi connectivity index (χ1) is 9.13. The van der Waals surface area contributed by atoms with E-state index in [9.17, 15) is 9.59 Å². The van der Waals surface area contributed by atoms with E-state index in [0.29, 0.717) is 17.0 Å². The van der Waals surface area contributed by atoms with Crippen LogP contribution in [0.15, 0.2) is 5.38 Å². The normalized spacial score (nSPS) is 19.7. The SMILES string of the molecule is CC(=O)Nc1nc(C2CN(C(=O)C3CCC3)C2)cs1. The molecule has 1 aliphatic carbocycles. The minimum absolute atomic E-state index is 0.101. The minimum Gasteiger partial charge on any atom is -0.341 e. The zero-order chi connectivity index (χ0) is 13.4. The highest BCUT2D eigenvalue weighted by Crippen LogP contribution is 2.34. The second-order valence-electron chi connectivity index (χ2n) is 5.33. The summed E-state index contributed by atoms with van der Waals surface area (Å²) in [6, 6.07) is 0. The molecule has 0 aromatic carbocycles. The van der Waals surface area contributed by atoms with E-state index in [2.05, 4.69) is 10.3 Å². The van der Waals surface area contributed by atoms with Crippen LogP contribution in [0.2, 0.25) is 0 Å². The number of carbonyl (C=O) groups is 2. The molecule has 1 saturated carbocycles. The second-order valence-corrected chi connectivity index (χ2v) is 6.18. The van der Waals surface area contributed by atoms with Crippen molar-refractivity contribution in [2.75, 3.05) is 18.4 Å². The Morgan fingerprint density at radius 2 is 2.16 bits per heavy atom. The maximum absolute atomic E-state index is 12.0. The Morgan fingerprint density at radius 1 is 1.42 bits per heavy atom. The smallest absolute Gasteiger partial charge is 0.225 e. The standard InChI is InChI=1S/C13H17N3O2S/c1-8(17)14-13-15-11(7-19-13)10-5-16(6-10)12(18)9-3-2-4-9/h7,9-10H,2-6H2,1H3,(H,14,15,17). The summed E-state index contributed by atoms with van der Waals surface area (Å²) in [5.74, 6) is 0.838. The molecule has 1 aromatic rings. The van der Waals surface area contributed by atoms with E-state index in [4.69, 9.17) is 0 Å². The van der Waals surface area contributed by atoms with Gasteiger partial charge in [0.15, 0.2) is 5.13 Å². The lowest BCUT2D eigenvalue weighted by Crippen LogP contribution is -2.51. The van der Waals surface area contributed by atoms with E-state index < -0.39 is 0 Å². The first-order valence-corrected chi connectivity index (χ1v) is 7.53. The van der Waals surface area contributed by atoms with Crippen molar-refractivity contribution in [1.29, 1.82) is 0 Å². The monoisotopic (exact) mass is 279 g/mol. The van der Waals surface area contributed by atoms with Crippen molar-refractivity contribution in [1.82, 2.24) is 9.88 Å². The maximum Gasteiger partial charge on any atom is 0.225 e. The van der Waals surface area contributed by atoms with Crippen LogP contribution in [0.4, 0.5) is 5.13 Å². The predicted molar refractivity (Wildman–Crippen MR) is 73.1 cm³/mol. The van der Waals surface area contributed by atoms with E-state index in [1.165, 1.54) is 24.7 Å². The van der Waals surface area contributed by atoms with E-state index in [0.717, 1.165) is 31.6 Å². The van der Waals surface area contributed by atoms with E-state index >= 15 is 0 Å². The van der Waals surface area contributed by atoms with Crippen molar-refractivity contribution < 1.29 is 9.59 Å².